The molecule has 154 valence electrons. The predicted molar refractivity (Wildman–Crippen MR) is 114 cm³/mol. The molecule has 0 radical (unpaired) electrons. The van der Waals surface area contributed by atoms with Crippen molar-refractivity contribution in [2.75, 3.05) is 56.5 Å². The van der Waals surface area contributed by atoms with E-state index in [4.69, 9.17) is 0 Å². The van der Waals surface area contributed by atoms with Crippen molar-refractivity contribution >= 4 is 23.2 Å². The molecule has 2 aromatic rings. The number of benzene rings is 2. The van der Waals surface area contributed by atoms with Crippen LogP contribution >= 0.6 is 0 Å². The highest BCUT2D eigenvalue weighted by Gasteiger charge is 2.22. The second-order valence-electron chi connectivity index (χ2n) is 7.47. The second kappa shape index (κ2) is 9.43. The van der Waals surface area contributed by atoms with E-state index in [2.05, 4.69) is 10.2 Å². The number of anilines is 2. The minimum Gasteiger partial charge on any atom is -0.508 e. The lowest BCUT2D eigenvalue weighted by atomic mass is 10.2. The topological polar surface area (TPSA) is 76.1 Å². The van der Waals surface area contributed by atoms with Gasteiger partial charge in [0.25, 0.3) is 0 Å². The van der Waals surface area contributed by atoms with Crippen LogP contribution in [0.5, 0.6) is 5.75 Å². The lowest BCUT2D eigenvalue weighted by Crippen LogP contribution is -2.51. The standard InChI is InChI=1S/C22H28N4O3/c1-17-3-5-18(6-4-17)23-21(28)15-24(2)16-22(29)26-13-11-25(12-14-26)19-7-9-20(27)10-8-19/h3-10,27H,11-16H2,1-2H3,(H,23,28). The Morgan fingerprint density at radius 2 is 1.59 bits per heavy atom. The van der Waals surface area contributed by atoms with Crippen LogP contribution in [0.3, 0.4) is 0 Å². The van der Waals surface area contributed by atoms with E-state index >= 15 is 0 Å². The first-order chi connectivity index (χ1) is 13.9. The monoisotopic (exact) mass is 396 g/mol. The van der Waals surface area contributed by atoms with E-state index in [0.717, 1.165) is 30.0 Å². The number of carbonyl (C=O) groups excluding carboxylic acids is 2. The highest BCUT2D eigenvalue weighted by atomic mass is 16.3. The molecule has 0 aliphatic carbocycles. The summed E-state index contributed by atoms with van der Waals surface area (Å²) >= 11 is 0. The normalized spacial score (nSPS) is 14.2. The van der Waals surface area contributed by atoms with E-state index in [1.54, 1.807) is 24.1 Å². The van der Waals surface area contributed by atoms with E-state index in [0.29, 0.717) is 13.1 Å². The first-order valence-electron chi connectivity index (χ1n) is 9.77. The first kappa shape index (κ1) is 20.7. The second-order valence-corrected chi connectivity index (χ2v) is 7.47. The molecular weight excluding hydrogens is 368 g/mol. The number of likely N-dealkylation sites (N-methyl/N-ethyl adjacent to an activating group) is 1. The Hall–Kier alpha value is -3.06. The van der Waals surface area contributed by atoms with Gasteiger partial charge in [-0.25, -0.2) is 0 Å². The molecule has 7 heteroatoms. The fraction of sp³-hybridized carbons (Fsp3) is 0.364. The first-order valence-corrected chi connectivity index (χ1v) is 9.77. The number of phenols is 1. The zero-order chi connectivity index (χ0) is 20.8. The van der Waals surface area contributed by atoms with Crippen LogP contribution in [0.15, 0.2) is 48.5 Å². The number of carbonyl (C=O) groups is 2. The van der Waals surface area contributed by atoms with Gasteiger partial charge < -0.3 is 20.2 Å². The molecule has 29 heavy (non-hydrogen) atoms. The van der Waals surface area contributed by atoms with E-state index in [1.165, 1.54) is 0 Å². The van der Waals surface area contributed by atoms with E-state index < -0.39 is 0 Å². The quantitative estimate of drug-likeness (QED) is 0.780. The van der Waals surface area contributed by atoms with Gasteiger partial charge in [-0.15, -0.1) is 0 Å². The van der Waals surface area contributed by atoms with Crippen molar-refractivity contribution in [2.45, 2.75) is 6.92 Å². The molecule has 2 N–H and O–H groups in total. The fourth-order valence-corrected chi connectivity index (χ4v) is 3.35. The van der Waals surface area contributed by atoms with E-state index in [9.17, 15) is 14.7 Å². The van der Waals surface area contributed by atoms with Crippen LogP contribution in [0.2, 0.25) is 0 Å². The third kappa shape index (κ3) is 5.96. The Labute approximate surface area is 171 Å². The number of aromatic hydroxyl groups is 1. The molecule has 0 saturated carbocycles. The summed E-state index contributed by atoms with van der Waals surface area (Å²) in [5.41, 5.74) is 2.93. The Balaban J connectivity index is 1.42. The average molecular weight is 396 g/mol. The van der Waals surface area contributed by atoms with Gasteiger partial charge in [-0.3, -0.25) is 14.5 Å². The van der Waals surface area contributed by atoms with Gasteiger partial charge in [0.15, 0.2) is 0 Å². The van der Waals surface area contributed by atoms with Crippen LogP contribution in [0, 0.1) is 6.92 Å². The van der Waals surface area contributed by atoms with Crippen molar-refractivity contribution in [2.24, 2.45) is 0 Å². The SMILES string of the molecule is Cc1ccc(NC(=O)CN(C)CC(=O)N2CCN(c3ccc(O)cc3)CC2)cc1. The summed E-state index contributed by atoms with van der Waals surface area (Å²) in [5, 5.41) is 12.3. The molecule has 1 aliphatic heterocycles. The van der Waals surface area contributed by atoms with E-state index in [-0.39, 0.29) is 30.7 Å². The number of hydrogen-bond donors (Lipinski definition) is 2. The number of phenolic OH excluding ortho intramolecular Hbond substituents is 1. The fourth-order valence-electron chi connectivity index (χ4n) is 3.35. The number of nitrogens with zero attached hydrogens (tertiary/aromatic N) is 3. The number of amides is 2. The summed E-state index contributed by atoms with van der Waals surface area (Å²) in [5.74, 6) is 0.138. The van der Waals surface area contributed by atoms with Crippen LogP contribution in [0.25, 0.3) is 0 Å². The summed E-state index contributed by atoms with van der Waals surface area (Å²) in [7, 11) is 1.78. The molecule has 0 bridgehead atoms. The van der Waals surface area contributed by atoms with Crippen molar-refractivity contribution < 1.29 is 14.7 Å². The molecule has 2 aromatic carbocycles. The predicted octanol–water partition coefficient (Wildman–Crippen LogP) is 1.92. The third-order valence-corrected chi connectivity index (χ3v) is 5.00. The minimum atomic E-state index is -0.138. The van der Waals surface area contributed by atoms with Gasteiger partial charge >= 0.3 is 0 Å². The highest BCUT2D eigenvalue weighted by Crippen LogP contribution is 2.19. The van der Waals surface area contributed by atoms with Crippen molar-refractivity contribution in [3.05, 3.63) is 54.1 Å². The van der Waals surface area contributed by atoms with Gasteiger partial charge in [0.05, 0.1) is 13.1 Å². The summed E-state index contributed by atoms with van der Waals surface area (Å²) < 4.78 is 0. The van der Waals surface area contributed by atoms with Gasteiger partial charge in [-0.1, -0.05) is 17.7 Å². The summed E-state index contributed by atoms with van der Waals surface area (Å²) in [6.07, 6.45) is 0. The number of rotatable bonds is 6. The minimum absolute atomic E-state index is 0.0287. The van der Waals surface area contributed by atoms with Crippen LogP contribution in [-0.4, -0.2) is 73.0 Å². The maximum Gasteiger partial charge on any atom is 0.238 e. The molecule has 1 heterocycles. The largest absolute Gasteiger partial charge is 0.508 e. The Morgan fingerprint density at radius 3 is 2.21 bits per heavy atom. The average Bonchev–Trinajstić information content (AvgIpc) is 2.70. The number of piperazine rings is 1. The number of aryl methyl sites for hydroxylation is 1. The lowest BCUT2D eigenvalue weighted by Gasteiger charge is -2.36. The molecule has 2 amide bonds. The van der Waals surface area contributed by atoms with Crippen LogP contribution in [0.1, 0.15) is 5.56 Å². The van der Waals surface area contributed by atoms with Crippen molar-refractivity contribution in [1.29, 1.82) is 0 Å². The van der Waals surface area contributed by atoms with Crippen molar-refractivity contribution in [3.63, 3.8) is 0 Å². The Bertz CT molecular complexity index is 828. The molecular formula is C22H28N4O3. The smallest absolute Gasteiger partial charge is 0.238 e. The molecule has 1 saturated heterocycles. The summed E-state index contributed by atoms with van der Waals surface area (Å²) in [4.78, 5) is 30.5. The summed E-state index contributed by atoms with van der Waals surface area (Å²) in [6.45, 7) is 5.14. The lowest BCUT2D eigenvalue weighted by molar-refractivity contribution is -0.132. The molecule has 0 aromatic heterocycles. The number of nitrogens with one attached hydrogen (secondary N) is 1. The maximum absolute atomic E-state index is 12.6. The van der Waals surface area contributed by atoms with Crippen LogP contribution in [0.4, 0.5) is 11.4 Å². The molecule has 1 aliphatic rings. The van der Waals surface area contributed by atoms with Crippen LogP contribution < -0.4 is 10.2 Å². The number of hydrogen-bond acceptors (Lipinski definition) is 5. The molecule has 0 atom stereocenters. The highest BCUT2D eigenvalue weighted by molar-refractivity contribution is 5.92. The van der Waals surface area contributed by atoms with Crippen LogP contribution in [-0.2, 0) is 9.59 Å². The van der Waals surface area contributed by atoms with E-state index in [1.807, 2.05) is 48.2 Å². The molecule has 0 spiro atoms. The molecule has 7 nitrogen and oxygen atoms in total. The molecule has 0 unspecified atom stereocenters. The maximum atomic E-state index is 12.6. The Kier molecular flexibility index (Phi) is 6.72. The van der Waals surface area contributed by atoms with Gasteiger partial charge in [-0.05, 0) is 50.4 Å². The van der Waals surface area contributed by atoms with Crippen molar-refractivity contribution in [1.82, 2.24) is 9.80 Å². The third-order valence-electron chi connectivity index (χ3n) is 5.00. The van der Waals surface area contributed by atoms with Gasteiger partial charge in [0.2, 0.25) is 11.8 Å². The van der Waals surface area contributed by atoms with Crippen molar-refractivity contribution in [3.8, 4) is 5.75 Å². The Morgan fingerprint density at radius 1 is 0.966 bits per heavy atom. The zero-order valence-electron chi connectivity index (χ0n) is 17.0. The van der Waals surface area contributed by atoms with Gasteiger partial charge in [-0.2, -0.15) is 0 Å². The summed E-state index contributed by atoms with van der Waals surface area (Å²) in [6, 6.07) is 14.7. The molecule has 1 fully saturated rings. The zero-order valence-corrected chi connectivity index (χ0v) is 17.0. The van der Waals surface area contributed by atoms with Gasteiger partial charge in [0, 0.05) is 37.6 Å². The molecule has 3 rings (SSSR count). The van der Waals surface area contributed by atoms with Gasteiger partial charge in [0.1, 0.15) is 5.75 Å².